The number of thioether (sulfide) groups is 1. The highest BCUT2D eigenvalue weighted by atomic mass is 32.2. The van der Waals surface area contributed by atoms with Gasteiger partial charge in [0, 0.05) is 23.3 Å². The Morgan fingerprint density at radius 3 is 2.54 bits per heavy atom. The molecule has 2 aromatic rings. The summed E-state index contributed by atoms with van der Waals surface area (Å²) in [7, 11) is -3.65. The first kappa shape index (κ1) is 22.1. The van der Waals surface area contributed by atoms with Crippen LogP contribution < -0.4 is 9.46 Å². The van der Waals surface area contributed by atoms with Crippen LogP contribution in [0.5, 0.6) is 5.75 Å². The zero-order chi connectivity index (χ0) is 20.6. The number of halogens is 2. The second-order valence-corrected chi connectivity index (χ2v) is 8.27. The van der Waals surface area contributed by atoms with Gasteiger partial charge in [0.25, 0.3) is 0 Å². The SMILES string of the molecule is CCOC(=O)COc1cc(F)c(SCCNS(=O)(=O)c2ccccc2)cc1F. The number of carbonyl (C=O) groups excluding carboxylic acids is 1. The van der Waals surface area contributed by atoms with Crippen molar-refractivity contribution < 1.29 is 31.5 Å². The lowest BCUT2D eigenvalue weighted by Gasteiger charge is -2.10. The Hall–Kier alpha value is -2.17. The fraction of sp³-hybridized carbons (Fsp3) is 0.278. The number of benzene rings is 2. The highest BCUT2D eigenvalue weighted by Gasteiger charge is 2.15. The summed E-state index contributed by atoms with van der Waals surface area (Å²) in [4.78, 5) is 11.3. The molecular weight excluding hydrogens is 412 g/mol. The Bertz CT molecular complexity index is 908. The highest BCUT2D eigenvalue weighted by Crippen LogP contribution is 2.28. The molecule has 0 fully saturated rings. The molecule has 28 heavy (non-hydrogen) atoms. The third-order valence-electron chi connectivity index (χ3n) is 3.34. The minimum atomic E-state index is -3.65. The van der Waals surface area contributed by atoms with E-state index in [-0.39, 0.29) is 28.7 Å². The van der Waals surface area contributed by atoms with Crippen molar-refractivity contribution in [2.75, 3.05) is 25.5 Å². The molecule has 0 aliphatic rings. The van der Waals surface area contributed by atoms with Crippen molar-refractivity contribution in [3.05, 3.63) is 54.1 Å². The van der Waals surface area contributed by atoms with E-state index in [9.17, 15) is 22.0 Å². The molecule has 6 nitrogen and oxygen atoms in total. The van der Waals surface area contributed by atoms with Crippen LogP contribution in [0.25, 0.3) is 0 Å². The molecule has 0 radical (unpaired) electrons. The van der Waals surface area contributed by atoms with Crippen LogP contribution in [0, 0.1) is 11.6 Å². The van der Waals surface area contributed by atoms with E-state index < -0.39 is 40.0 Å². The molecule has 0 bridgehead atoms. The standard InChI is InChI=1S/C18H19F2NO5S2/c1-2-25-18(22)12-26-16-10-15(20)17(11-14(16)19)27-9-8-21-28(23,24)13-6-4-3-5-7-13/h3-7,10-11,21H,2,8-9,12H2,1H3. The summed E-state index contributed by atoms with van der Waals surface area (Å²) in [6, 6.07) is 9.60. The van der Waals surface area contributed by atoms with Crippen molar-refractivity contribution in [3.63, 3.8) is 0 Å². The molecule has 0 aliphatic carbocycles. The number of sulfonamides is 1. The molecule has 0 aliphatic heterocycles. The highest BCUT2D eigenvalue weighted by molar-refractivity contribution is 7.99. The summed E-state index contributed by atoms with van der Waals surface area (Å²) in [5.74, 6) is -2.48. The maximum absolute atomic E-state index is 14.1. The first-order chi connectivity index (χ1) is 13.3. The van der Waals surface area contributed by atoms with Gasteiger partial charge >= 0.3 is 5.97 Å². The van der Waals surface area contributed by atoms with Crippen molar-refractivity contribution >= 4 is 27.8 Å². The van der Waals surface area contributed by atoms with Crippen molar-refractivity contribution in [2.45, 2.75) is 16.7 Å². The van der Waals surface area contributed by atoms with Crippen LogP contribution in [0.2, 0.25) is 0 Å². The average Bonchev–Trinajstić information content (AvgIpc) is 2.67. The Balaban J connectivity index is 1.89. The van der Waals surface area contributed by atoms with Crippen LogP contribution in [0.3, 0.4) is 0 Å². The van der Waals surface area contributed by atoms with Gasteiger partial charge in [0.15, 0.2) is 18.2 Å². The Morgan fingerprint density at radius 2 is 1.86 bits per heavy atom. The van der Waals surface area contributed by atoms with E-state index in [4.69, 9.17) is 4.74 Å². The molecule has 0 heterocycles. The summed E-state index contributed by atoms with van der Waals surface area (Å²) in [6.07, 6.45) is 0. The fourth-order valence-electron chi connectivity index (χ4n) is 2.09. The Morgan fingerprint density at radius 1 is 1.14 bits per heavy atom. The molecular formula is C18H19F2NO5S2. The quantitative estimate of drug-likeness (QED) is 0.354. The summed E-state index contributed by atoms with van der Waals surface area (Å²) in [6.45, 7) is 1.27. The molecule has 0 unspecified atom stereocenters. The first-order valence-corrected chi connectivity index (χ1v) is 10.8. The summed E-state index contributed by atoms with van der Waals surface area (Å²) in [5.41, 5.74) is 0. The maximum Gasteiger partial charge on any atom is 0.344 e. The van der Waals surface area contributed by atoms with Crippen LogP contribution in [0.1, 0.15) is 6.92 Å². The Labute approximate surface area is 166 Å². The van der Waals surface area contributed by atoms with Crippen molar-refractivity contribution in [1.82, 2.24) is 4.72 Å². The lowest BCUT2D eigenvalue weighted by Crippen LogP contribution is -2.26. The average molecular weight is 431 g/mol. The van der Waals surface area contributed by atoms with E-state index in [1.807, 2.05) is 0 Å². The number of hydrogen-bond acceptors (Lipinski definition) is 6. The number of rotatable bonds is 10. The van der Waals surface area contributed by atoms with Gasteiger partial charge in [0.1, 0.15) is 5.82 Å². The number of carbonyl (C=O) groups is 1. The number of hydrogen-bond donors (Lipinski definition) is 1. The van der Waals surface area contributed by atoms with E-state index >= 15 is 0 Å². The van der Waals surface area contributed by atoms with Gasteiger partial charge in [-0.05, 0) is 25.1 Å². The molecule has 0 saturated heterocycles. The van der Waals surface area contributed by atoms with E-state index in [1.54, 1.807) is 25.1 Å². The van der Waals surface area contributed by atoms with Gasteiger partial charge in [-0.3, -0.25) is 0 Å². The lowest BCUT2D eigenvalue weighted by atomic mass is 10.3. The molecule has 152 valence electrons. The number of ether oxygens (including phenoxy) is 2. The minimum Gasteiger partial charge on any atom is -0.479 e. The smallest absolute Gasteiger partial charge is 0.344 e. The van der Waals surface area contributed by atoms with Gasteiger partial charge in [0.2, 0.25) is 10.0 Å². The monoisotopic (exact) mass is 431 g/mol. The van der Waals surface area contributed by atoms with Gasteiger partial charge < -0.3 is 9.47 Å². The third kappa shape index (κ3) is 6.47. The molecule has 1 N–H and O–H groups in total. The molecule has 0 atom stereocenters. The summed E-state index contributed by atoms with van der Waals surface area (Å²) >= 11 is 0.949. The molecule has 0 saturated carbocycles. The second kappa shape index (κ2) is 10.4. The first-order valence-electron chi connectivity index (χ1n) is 8.28. The van der Waals surface area contributed by atoms with Gasteiger partial charge in [-0.2, -0.15) is 0 Å². The topological polar surface area (TPSA) is 81.7 Å². The zero-order valence-electron chi connectivity index (χ0n) is 15.0. The van der Waals surface area contributed by atoms with Crippen LogP contribution >= 0.6 is 11.8 Å². The van der Waals surface area contributed by atoms with Crippen LogP contribution in [-0.2, 0) is 19.6 Å². The second-order valence-electron chi connectivity index (χ2n) is 5.37. The number of esters is 1. The molecule has 2 rings (SSSR count). The van der Waals surface area contributed by atoms with Crippen molar-refractivity contribution in [1.29, 1.82) is 0 Å². The van der Waals surface area contributed by atoms with Crippen molar-refractivity contribution in [3.8, 4) is 5.75 Å². The van der Waals surface area contributed by atoms with Crippen molar-refractivity contribution in [2.24, 2.45) is 0 Å². The zero-order valence-corrected chi connectivity index (χ0v) is 16.6. The molecule has 2 aromatic carbocycles. The van der Waals surface area contributed by atoms with Gasteiger partial charge in [-0.1, -0.05) is 18.2 Å². The van der Waals surface area contributed by atoms with Gasteiger partial charge in [-0.25, -0.2) is 26.7 Å². The van der Waals surface area contributed by atoms with Crippen LogP contribution in [-0.4, -0.2) is 39.9 Å². The fourth-order valence-corrected chi connectivity index (χ4v) is 4.08. The van der Waals surface area contributed by atoms with E-state index in [2.05, 4.69) is 9.46 Å². The molecule has 0 aromatic heterocycles. The Kier molecular flexibility index (Phi) is 8.21. The predicted molar refractivity (Wildman–Crippen MR) is 101 cm³/mol. The predicted octanol–water partition coefficient (Wildman–Crippen LogP) is 2.98. The lowest BCUT2D eigenvalue weighted by molar-refractivity contribution is -0.145. The number of nitrogens with one attached hydrogen (secondary N) is 1. The maximum atomic E-state index is 14.1. The third-order valence-corrected chi connectivity index (χ3v) is 5.85. The molecule has 0 amide bonds. The van der Waals surface area contributed by atoms with Gasteiger partial charge in [0.05, 0.1) is 11.5 Å². The van der Waals surface area contributed by atoms with E-state index in [0.717, 1.165) is 23.9 Å². The summed E-state index contributed by atoms with van der Waals surface area (Å²) < 4.78 is 64.2. The van der Waals surface area contributed by atoms with Gasteiger partial charge in [-0.15, -0.1) is 11.8 Å². The van der Waals surface area contributed by atoms with E-state index in [1.165, 1.54) is 12.1 Å². The largest absolute Gasteiger partial charge is 0.479 e. The normalized spacial score (nSPS) is 11.2. The van der Waals surface area contributed by atoms with Crippen LogP contribution in [0.4, 0.5) is 8.78 Å². The molecule has 10 heteroatoms. The van der Waals surface area contributed by atoms with Crippen LogP contribution in [0.15, 0.2) is 52.3 Å². The summed E-state index contributed by atoms with van der Waals surface area (Å²) in [5, 5.41) is 0. The minimum absolute atomic E-state index is 0.0000983. The van der Waals surface area contributed by atoms with E-state index in [0.29, 0.717) is 0 Å². The molecule has 0 spiro atoms.